The number of anilines is 2. The van der Waals surface area contributed by atoms with Gasteiger partial charge in [-0.3, -0.25) is 9.59 Å². The Morgan fingerprint density at radius 2 is 1.92 bits per heavy atom. The smallest absolute Gasteiger partial charge is 0.305 e. The van der Waals surface area contributed by atoms with Crippen LogP contribution in [0.2, 0.25) is 5.15 Å². The summed E-state index contributed by atoms with van der Waals surface area (Å²) in [6, 6.07) is 6.40. The maximum absolute atomic E-state index is 12.4. The second-order valence-corrected chi connectivity index (χ2v) is 5.47. The molecular weight excluding hydrogens is 334 g/mol. The Balaban J connectivity index is 2.33. The molecule has 0 aliphatic rings. The molecule has 1 aromatic carbocycles. The van der Waals surface area contributed by atoms with E-state index in [-0.39, 0.29) is 28.9 Å². The Hall–Kier alpha value is -2.87. The maximum atomic E-state index is 12.4. The van der Waals surface area contributed by atoms with Gasteiger partial charge in [-0.05, 0) is 18.1 Å². The zero-order valence-corrected chi connectivity index (χ0v) is 13.5. The minimum Gasteiger partial charge on any atom is -0.481 e. The number of aryl methyl sites for hydroxylation is 1. The summed E-state index contributed by atoms with van der Waals surface area (Å²) < 4.78 is 0. The number of carboxylic acids is 1. The van der Waals surface area contributed by atoms with Crippen LogP contribution in [-0.2, 0) is 4.79 Å². The number of rotatable bonds is 5. The number of carbonyl (C=O) groups is 2. The van der Waals surface area contributed by atoms with Crippen molar-refractivity contribution in [1.29, 1.82) is 0 Å². The number of hydrogen-bond acceptors (Lipinski definition) is 6. The SMILES string of the molecule is Cc1ccccc1[C@H](CC(=O)O)NC(=O)c1nc(Cl)c(N)nc1N. The molecule has 0 fully saturated rings. The second-order valence-electron chi connectivity index (χ2n) is 5.11. The average Bonchev–Trinajstić information content (AvgIpc) is 2.50. The van der Waals surface area contributed by atoms with Gasteiger partial charge in [-0.15, -0.1) is 0 Å². The highest BCUT2D eigenvalue weighted by atomic mass is 35.5. The van der Waals surface area contributed by atoms with Crippen molar-refractivity contribution in [2.45, 2.75) is 19.4 Å². The first-order valence-electron chi connectivity index (χ1n) is 6.96. The molecule has 2 rings (SSSR count). The Morgan fingerprint density at radius 1 is 1.25 bits per heavy atom. The van der Waals surface area contributed by atoms with Gasteiger partial charge in [-0.2, -0.15) is 0 Å². The van der Waals surface area contributed by atoms with E-state index in [0.717, 1.165) is 5.56 Å². The predicted octanol–water partition coefficient (Wildman–Crippen LogP) is 1.55. The van der Waals surface area contributed by atoms with Gasteiger partial charge in [0.25, 0.3) is 5.91 Å². The molecule has 0 radical (unpaired) electrons. The highest BCUT2D eigenvalue weighted by molar-refractivity contribution is 6.31. The van der Waals surface area contributed by atoms with Gasteiger partial charge in [0.05, 0.1) is 12.5 Å². The number of benzene rings is 1. The largest absolute Gasteiger partial charge is 0.481 e. The summed E-state index contributed by atoms with van der Waals surface area (Å²) in [7, 11) is 0. The van der Waals surface area contributed by atoms with Crippen molar-refractivity contribution in [3.05, 3.63) is 46.2 Å². The lowest BCUT2D eigenvalue weighted by molar-refractivity contribution is -0.137. The fraction of sp³-hybridized carbons (Fsp3) is 0.200. The lowest BCUT2D eigenvalue weighted by Gasteiger charge is -2.19. The van der Waals surface area contributed by atoms with Crippen LogP contribution in [0.15, 0.2) is 24.3 Å². The van der Waals surface area contributed by atoms with Crippen LogP contribution in [0.3, 0.4) is 0 Å². The number of aliphatic carboxylic acids is 1. The number of nitrogen functional groups attached to an aromatic ring is 2. The van der Waals surface area contributed by atoms with Gasteiger partial charge in [0.15, 0.2) is 22.5 Å². The lowest BCUT2D eigenvalue weighted by Crippen LogP contribution is -2.32. The third kappa shape index (κ3) is 3.90. The number of hydrogen-bond donors (Lipinski definition) is 4. The number of nitrogens with zero attached hydrogens (tertiary/aromatic N) is 2. The van der Waals surface area contributed by atoms with Crippen molar-refractivity contribution in [2.75, 3.05) is 11.5 Å². The van der Waals surface area contributed by atoms with E-state index in [0.29, 0.717) is 5.56 Å². The summed E-state index contributed by atoms with van der Waals surface area (Å²) in [6.07, 6.45) is -0.299. The second kappa shape index (κ2) is 7.14. The molecule has 0 saturated carbocycles. The van der Waals surface area contributed by atoms with Crippen LogP contribution >= 0.6 is 11.6 Å². The van der Waals surface area contributed by atoms with E-state index in [1.165, 1.54) is 0 Å². The first kappa shape index (κ1) is 17.5. The van der Waals surface area contributed by atoms with Crippen LogP contribution in [0.1, 0.15) is 34.1 Å². The minimum absolute atomic E-state index is 0.0910. The molecule has 2 aromatic rings. The number of halogens is 1. The van der Waals surface area contributed by atoms with Crippen molar-refractivity contribution >= 4 is 35.1 Å². The zero-order valence-electron chi connectivity index (χ0n) is 12.8. The van der Waals surface area contributed by atoms with Crippen molar-refractivity contribution in [1.82, 2.24) is 15.3 Å². The third-order valence-electron chi connectivity index (χ3n) is 3.37. The maximum Gasteiger partial charge on any atom is 0.305 e. The molecule has 0 aliphatic heterocycles. The molecule has 1 amide bonds. The van der Waals surface area contributed by atoms with E-state index in [4.69, 9.17) is 28.2 Å². The van der Waals surface area contributed by atoms with E-state index in [9.17, 15) is 9.59 Å². The predicted molar refractivity (Wildman–Crippen MR) is 89.5 cm³/mol. The summed E-state index contributed by atoms with van der Waals surface area (Å²) in [6.45, 7) is 1.82. The van der Waals surface area contributed by atoms with Crippen LogP contribution in [0, 0.1) is 6.92 Å². The summed E-state index contributed by atoms with van der Waals surface area (Å²) in [4.78, 5) is 31.1. The summed E-state index contributed by atoms with van der Waals surface area (Å²) in [5.41, 5.74) is 12.4. The standard InChI is InChI=1S/C15H16ClN5O3/c1-7-4-2-3-5-8(7)9(6-10(22)23)19-15(24)11-13(17)21-14(18)12(16)20-11/h2-5,9H,6H2,1H3,(H,19,24)(H,22,23)(H4,17,18,21)/t9-/m0/s1. The minimum atomic E-state index is -1.06. The number of amides is 1. The molecule has 6 N–H and O–H groups in total. The van der Waals surface area contributed by atoms with Gasteiger partial charge in [0, 0.05) is 0 Å². The Bertz CT molecular complexity index is 797. The van der Waals surface area contributed by atoms with Crippen LogP contribution in [-0.4, -0.2) is 27.0 Å². The van der Waals surface area contributed by atoms with Gasteiger partial charge in [0.1, 0.15) is 0 Å². The van der Waals surface area contributed by atoms with E-state index < -0.39 is 17.9 Å². The molecule has 24 heavy (non-hydrogen) atoms. The molecule has 0 saturated heterocycles. The highest BCUT2D eigenvalue weighted by Gasteiger charge is 2.23. The first-order valence-corrected chi connectivity index (χ1v) is 7.34. The molecule has 1 atom stereocenters. The molecule has 0 aliphatic carbocycles. The topological polar surface area (TPSA) is 144 Å². The molecule has 0 bridgehead atoms. The average molecular weight is 350 g/mol. The molecule has 126 valence electrons. The number of carboxylic acid groups (broad SMARTS) is 1. The summed E-state index contributed by atoms with van der Waals surface area (Å²) >= 11 is 5.76. The van der Waals surface area contributed by atoms with Crippen LogP contribution in [0.5, 0.6) is 0 Å². The van der Waals surface area contributed by atoms with Gasteiger partial charge in [0.2, 0.25) is 0 Å². The molecule has 1 heterocycles. The number of nitrogens with two attached hydrogens (primary N) is 2. The van der Waals surface area contributed by atoms with Crippen LogP contribution in [0.4, 0.5) is 11.6 Å². The normalized spacial score (nSPS) is 11.8. The molecule has 9 heteroatoms. The highest BCUT2D eigenvalue weighted by Crippen LogP contribution is 2.23. The first-order chi connectivity index (χ1) is 11.3. The lowest BCUT2D eigenvalue weighted by atomic mass is 9.98. The molecule has 1 aromatic heterocycles. The molecule has 0 unspecified atom stereocenters. The van der Waals surface area contributed by atoms with Crippen LogP contribution < -0.4 is 16.8 Å². The summed E-state index contributed by atoms with van der Waals surface area (Å²) in [5, 5.41) is 11.6. The van der Waals surface area contributed by atoms with Crippen molar-refractivity contribution < 1.29 is 14.7 Å². The number of nitrogens with one attached hydrogen (secondary N) is 1. The van der Waals surface area contributed by atoms with Gasteiger partial charge in [-0.1, -0.05) is 35.9 Å². The van der Waals surface area contributed by atoms with E-state index in [2.05, 4.69) is 15.3 Å². The fourth-order valence-corrected chi connectivity index (χ4v) is 2.35. The number of carbonyl (C=O) groups excluding carboxylic acids is 1. The van der Waals surface area contributed by atoms with Crippen molar-refractivity contribution in [3.63, 3.8) is 0 Å². The Kier molecular flexibility index (Phi) is 5.20. The van der Waals surface area contributed by atoms with Gasteiger partial charge < -0.3 is 21.9 Å². The van der Waals surface area contributed by atoms with Crippen LogP contribution in [0.25, 0.3) is 0 Å². The zero-order chi connectivity index (χ0) is 17.9. The molecular formula is C15H16ClN5O3. The van der Waals surface area contributed by atoms with E-state index in [1.54, 1.807) is 12.1 Å². The quantitative estimate of drug-likeness (QED) is 0.640. The van der Waals surface area contributed by atoms with Crippen molar-refractivity contribution in [3.8, 4) is 0 Å². The third-order valence-corrected chi connectivity index (χ3v) is 3.65. The fourth-order valence-electron chi connectivity index (χ4n) is 2.23. The molecule has 8 nitrogen and oxygen atoms in total. The molecule has 0 spiro atoms. The van der Waals surface area contributed by atoms with Gasteiger partial charge in [-0.25, -0.2) is 9.97 Å². The Labute approximate surface area is 142 Å². The van der Waals surface area contributed by atoms with E-state index in [1.807, 2.05) is 19.1 Å². The van der Waals surface area contributed by atoms with Gasteiger partial charge >= 0.3 is 5.97 Å². The van der Waals surface area contributed by atoms with Crippen molar-refractivity contribution in [2.24, 2.45) is 0 Å². The summed E-state index contributed by atoms with van der Waals surface area (Å²) in [5.74, 6) is -2.02. The Morgan fingerprint density at radius 3 is 2.54 bits per heavy atom. The number of aromatic nitrogens is 2. The van der Waals surface area contributed by atoms with E-state index >= 15 is 0 Å². The monoisotopic (exact) mass is 349 g/mol.